The van der Waals surface area contributed by atoms with Crippen molar-refractivity contribution in [3.8, 4) is 11.4 Å². The number of hydrogen-bond acceptors (Lipinski definition) is 5. The molecular weight excluding hydrogens is 240 g/mol. The Labute approximate surface area is 112 Å². The van der Waals surface area contributed by atoms with Gasteiger partial charge in [0.05, 0.1) is 0 Å². The minimum atomic E-state index is 0.269. The standard InChI is InChI=1S/C14H18N4O/c15-12-4-2-1-3-11(12)9-13-17-14(18-19-13)10-5-7-16-8-6-10/h5-8,11-12H,1-4,9,15H2. The zero-order chi connectivity index (χ0) is 13.1. The van der Waals surface area contributed by atoms with E-state index in [1.807, 2.05) is 12.1 Å². The van der Waals surface area contributed by atoms with Crippen LogP contribution in [0.3, 0.4) is 0 Å². The number of pyridine rings is 1. The lowest BCUT2D eigenvalue weighted by atomic mass is 9.83. The molecular formula is C14H18N4O. The molecule has 0 aromatic carbocycles. The Morgan fingerprint density at radius 1 is 1.21 bits per heavy atom. The van der Waals surface area contributed by atoms with Gasteiger partial charge >= 0.3 is 0 Å². The molecule has 0 bridgehead atoms. The van der Waals surface area contributed by atoms with Crippen LogP contribution in [-0.4, -0.2) is 21.2 Å². The fourth-order valence-electron chi connectivity index (χ4n) is 2.67. The van der Waals surface area contributed by atoms with E-state index in [4.69, 9.17) is 10.3 Å². The molecule has 5 nitrogen and oxygen atoms in total. The number of nitrogens with two attached hydrogens (primary N) is 1. The van der Waals surface area contributed by atoms with Crippen LogP contribution < -0.4 is 5.73 Å². The lowest BCUT2D eigenvalue weighted by molar-refractivity contribution is 0.273. The number of rotatable bonds is 3. The van der Waals surface area contributed by atoms with E-state index >= 15 is 0 Å². The minimum Gasteiger partial charge on any atom is -0.339 e. The van der Waals surface area contributed by atoms with E-state index in [1.165, 1.54) is 12.8 Å². The third-order valence-electron chi connectivity index (χ3n) is 3.81. The molecule has 0 amide bonds. The fourth-order valence-corrected chi connectivity index (χ4v) is 2.67. The molecule has 2 unspecified atom stereocenters. The summed E-state index contributed by atoms with van der Waals surface area (Å²) in [7, 11) is 0. The summed E-state index contributed by atoms with van der Waals surface area (Å²) >= 11 is 0. The van der Waals surface area contributed by atoms with Gasteiger partial charge in [-0.2, -0.15) is 4.98 Å². The Balaban J connectivity index is 1.71. The molecule has 0 saturated heterocycles. The first-order valence-corrected chi connectivity index (χ1v) is 6.81. The van der Waals surface area contributed by atoms with Gasteiger partial charge in [-0.15, -0.1) is 0 Å². The minimum absolute atomic E-state index is 0.269. The van der Waals surface area contributed by atoms with Crippen LogP contribution in [0.5, 0.6) is 0 Å². The van der Waals surface area contributed by atoms with Crippen molar-refractivity contribution < 1.29 is 4.52 Å². The quantitative estimate of drug-likeness (QED) is 0.913. The van der Waals surface area contributed by atoms with E-state index in [-0.39, 0.29) is 6.04 Å². The van der Waals surface area contributed by atoms with Crippen LogP contribution in [0.15, 0.2) is 29.0 Å². The number of hydrogen-bond donors (Lipinski definition) is 1. The van der Waals surface area contributed by atoms with Crippen LogP contribution in [-0.2, 0) is 6.42 Å². The van der Waals surface area contributed by atoms with Crippen LogP contribution in [0.4, 0.5) is 0 Å². The van der Waals surface area contributed by atoms with Crippen LogP contribution in [0.25, 0.3) is 11.4 Å². The van der Waals surface area contributed by atoms with Crippen LogP contribution >= 0.6 is 0 Å². The normalized spacial score (nSPS) is 23.4. The van der Waals surface area contributed by atoms with E-state index in [2.05, 4.69) is 15.1 Å². The van der Waals surface area contributed by atoms with E-state index in [0.29, 0.717) is 17.6 Å². The van der Waals surface area contributed by atoms with Crippen molar-refractivity contribution in [1.29, 1.82) is 0 Å². The fraction of sp³-hybridized carbons (Fsp3) is 0.500. The highest BCUT2D eigenvalue weighted by Gasteiger charge is 2.24. The molecule has 100 valence electrons. The van der Waals surface area contributed by atoms with Gasteiger partial charge < -0.3 is 10.3 Å². The maximum absolute atomic E-state index is 6.15. The molecule has 1 aliphatic rings. The third kappa shape index (κ3) is 2.81. The molecule has 0 radical (unpaired) electrons. The lowest BCUT2D eigenvalue weighted by Gasteiger charge is -2.27. The van der Waals surface area contributed by atoms with Gasteiger partial charge in [-0.1, -0.05) is 18.0 Å². The number of aromatic nitrogens is 3. The van der Waals surface area contributed by atoms with Crippen molar-refractivity contribution in [2.45, 2.75) is 38.1 Å². The Morgan fingerprint density at radius 2 is 2.00 bits per heavy atom. The Hall–Kier alpha value is -1.75. The van der Waals surface area contributed by atoms with Gasteiger partial charge in [0, 0.05) is 30.4 Å². The van der Waals surface area contributed by atoms with Gasteiger partial charge in [0.25, 0.3) is 0 Å². The zero-order valence-corrected chi connectivity index (χ0v) is 10.8. The maximum Gasteiger partial charge on any atom is 0.227 e. The van der Waals surface area contributed by atoms with Crippen molar-refractivity contribution in [2.75, 3.05) is 0 Å². The molecule has 1 fully saturated rings. The summed E-state index contributed by atoms with van der Waals surface area (Å²) in [5.41, 5.74) is 7.08. The monoisotopic (exact) mass is 258 g/mol. The van der Waals surface area contributed by atoms with Gasteiger partial charge in [-0.3, -0.25) is 4.98 Å². The van der Waals surface area contributed by atoms with Crippen LogP contribution in [0, 0.1) is 5.92 Å². The molecule has 2 atom stereocenters. The molecule has 1 aliphatic carbocycles. The molecule has 2 heterocycles. The van der Waals surface area contributed by atoms with E-state index in [1.54, 1.807) is 12.4 Å². The van der Waals surface area contributed by atoms with Crippen molar-refractivity contribution in [2.24, 2.45) is 11.7 Å². The average molecular weight is 258 g/mol. The third-order valence-corrected chi connectivity index (χ3v) is 3.81. The Bertz CT molecular complexity index is 525. The molecule has 0 aliphatic heterocycles. The molecule has 2 aromatic rings. The molecule has 19 heavy (non-hydrogen) atoms. The Kier molecular flexibility index (Phi) is 3.55. The second-order valence-corrected chi connectivity index (χ2v) is 5.16. The molecule has 2 N–H and O–H groups in total. The highest BCUT2D eigenvalue weighted by atomic mass is 16.5. The van der Waals surface area contributed by atoms with E-state index in [9.17, 15) is 0 Å². The van der Waals surface area contributed by atoms with Crippen molar-refractivity contribution in [3.63, 3.8) is 0 Å². The van der Waals surface area contributed by atoms with Gasteiger partial charge in [0.2, 0.25) is 11.7 Å². The van der Waals surface area contributed by atoms with E-state index in [0.717, 1.165) is 24.8 Å². The summed E-state index contributed by atoms with van der Waals surface area (Å²) in [6, 6.07) is 4.02. The molecule has 3 rings (SSSR count). The van der Waals surface area contributed by atoms with Crippen molar-refractivity contribution in [3.05, 3.63) is 30.4 Å². The van der Waals surface area contributed by atoms with Crippen LogP contribution in [0.1, 0.15) is 31.6 Å². The molecule has 5 heteroatoms. The predicted molar refractivity (Wildman–Crippen MR) is 71.2 cm³/mol. The maximum atomic E-state index is 6.15. The predicted octanol–water partition coefficient (Wildman–Crippen LogP) is 2.19. The van der Waals surface area contributed by atoms with E-state index < -0.39 is 0 Å². The van der Waals surface area contributed by atoms with Gasteiger partial charge in [-0.05, 0) is 30.9 Å². The first-order chi connectivity index (χ1) is 9.33. The highest BCUT2D eigenvalue weighted by Crippen LogP contribution is 2.26. The second-order valence-electron chi connectivity index (χ2n) is 5.16. The summed E-state index contributed by atoms with van der Waals surface area (Å²) in [6.45, 7) is 0. The first-order valence-electron chi connectivity index (χ1n) is 6.81. The van der Waals surface area contributed by atoms with Gasteiger partial charge in [-0.25, -0.2) is 0 Å². The summed E-state index contributed by atoms with van der Waals surface area (Å²) < 4.78 is 5.33. The average Bonchev–Trinajstić information content (AvgIpc) is 2.91. The molecule has 2 aromatic heterocycles. The zero-order valence-electron chi connectivity index (χ0n) is 10.8. The summed E-state index contributed by atoms with van der Waals surface area (Å²) in [4.78, 5) is 8.43. The highest BCUT2D eigenvalue weighted by molar-refractivity contribution is 5.52. The topological polar surface area (TPSA) is 77.8 Å². The Morgan fingerprint density at radius 3 is 2.79 bits per heavy atom. The summed E-state index contributed by atoms with van der Waals surface area (Å²) in [6.07, 6.45) is 9.00. The van der Waals surface area contributed by atoms with Crippen LogP contribution in [0.2, 0.25) is 0 Å². The molecule has 0 spiro atoms. The van der Waals surface area contributed by atoms with Gasteiger partial charge in [0.1, 0.15) is 0 Å². The summed E-state index contributed by atoms with van der Waals surface area (Å²) in [5.74, 6) is 1.79. The van der Waals surface area contributed by atoms with Crippen molar-refractivity contribution in [1.82, 2.24) is 15.1 Å². The first kappa shape index (κ1) is 12.3. The second kappa shape index (κ2) is 5.48. The largest absolute Gasteiger partial charge is 0.339 e. The van der Waals surface area contributed by atoms with Gasteiger partial charge in [0.15, 0.2) is 0 Å². The SMILES string of the molecule is NC1CCCCC1Cc1nc(-c2ccncc2)no1. The summed E-state index contributed by atoms with van der Waals surface area (Å²) in [5, 5.41) is 4.02. The lowest BCUT2D eigenvalue weighted by Crippen LogP contribution is -2.34. The molecule has 1 saturated carbocycles. The number of nitrogens with zero attached hydrogens (tertiary/aromatic N) is 3. The smallest absolute Gasteiger partial charge is 0.227 e. The van der Waals surface area contributed by atoms with Crippen molar-refractivity contribution >= 4 is 0 Å².